The van der Waals surface area contributed by atoms with Gasteiger partial charge in [0, 0.05) is 24.5 Å². The van der Waals surface area contributed by atoms with Crippen LogP contribution < -0.4 is 9.62 Å². The topological polar surface area (TPSA) is 66.5 Å². The van der Waals surface area contributed by atoms with Crippen LogP contribution in [-0.4, -0.2) is 33.7 Å². The van der Waals surface area contributed by atoms with Gasteiger partial charge in [0.05, 0.1) is 11.9 Å². The first-order chi connectivity index (χ1) is 12.7. The highest BCUT2D eigenvalue weighted by Gasteiger charge is 2.18. The molecule has 27 heavy (non-hydrogen) atoms. The van der Waals surface area contributed by atoms with E-state index in [0.717, 1.165) is 24.8 Å². The van der Waals surface area contributed by atoms with Crippen LogP contribution in [0, 0.1) is 12.8 Å². The third-order valence-electron chi connectivity index (χ3n) is 4.74. The summed E-state index contributed by atoms with van der Waals surface area (Å²) in [5.41, 5.74) is 1.42. The molecule has 154 valence electrons. The number of sulfonamides is 1. The van der Waals surface area contributed by atoms with Gasteiger partial charge in [0.2, 0.25) is 15.9 Å². The number of unbranched alkanes of at least 4 members (excludes halogenated alkanes) is 1. The van der Waals surface area contributed by atoms with Crippen LogP contribution in [0.5, 0.6) is 0 Å². The summed E-state index contributed by atoms with van der Waals surface area (Å²) in [5, 5.41) is 3.51. The van der Waals surface area contributed by atoms with Crippen LogP contribution in [-0.2, 0) is 14.8 Å². The SMILES string of the molecule is CCCCC(CC)CNC(=O)CCCN(c1ccc(C)c(Cl)c1)S(C)(=O)=O. The minimum absolute atomic E-state index is 0.0275. The zero-order valence-electron chi connectivity index (χ0n) is 16.9. The van der Waals surface area contributed by atoms with Crippen molar-refractivity contribution in [1.82, 2.24) is 5.32 Å². The quantitative estimate of drug-likeness (QED) is 0.544. The van der Waals surface area contributed by atoms with Crippen molar-refractivity contribution in [3.8, 4) is 0 Å². The van der Waals surface area contributed by atoms with Gasteiger partial charge in [-0.3, -0.25) is 9.10 Å². The fourth-order valence-corrected chi connectivity index (χ4v) is 4.03. The number of aryl methyl sites for hydroxylation is 1. The largest absolute Gasteiger partial charge is 0.356 e. The summed E-state index contributed by atoms with van der Waals surface area (Å²) < 4.78 is 25.6. The van der Waals surface area contributed by atoms with Gasteiger partial charge in [-0.2, -0.15) is 0 Å². The van der Waals surface area contributed by atoms with Crippen molar-refractivity contribution in [3.63, 3.8) is 0 Å². The second kappa shape index (κ2) is 11.5. The summed E-state index contributed by atoms with van der Waals surface area (Å²) >= 11 is 6.13. The first-order valence-corrected chi connectivity index (χ1v) is 11.9. The molecule has 0 fully saturated rings. The van der Waals surface area contributed by atoms with E-state index >= 15 is 0 Å². The number of benzene rings is 1. The number of anilines is 1. The van der Waals surface area contributed by atoms with Gasteiger partial charge in [-0.25, -0.2) is 8.42 Å². The fourth-order valence-electron chi connectivity index (χ4n) is 2.90. The van der Waals surface area contributed by atoms with Gasteiger partial charge in [0.25, 0.3) is 0 Å². The van der Waals surface area contributed by atoms with E-state index in [4.69, 9.17) is 11.6 Å². The van der Waals surface area contributed by atoms with Gasteiger partial charge in [-0.15, -0.1) is 0 Å². The van der Waals surface area contributed by atoms with E-state index < -0.39 is 10.0 Å². The van der Waals surface area contributed by atoms with E-state index in [-0.39, 0.29) is 12.5 Å². The van der Waals surface area contributed by atoms with Crippen molar-refractivity contribution >= 4 is 33.2 Å². The van der Waals surface area contributed by atoms with Gasteiger partial charge in [-0.05, 0) is 43.4 Å². The van der Waals surface area contributed by atoms with E-state index in [0.29, 0.717) is 36.0 Å². The Bertz CT molecular complexity index is 707. The van der Waals surface area contributed by atoms with Crippen LogP contribution in [0.25, 0.3) is 0 Å². The third-order valence-corrected chi connectivity index (χ3v) is 6.34. The maximum absolute atomic E-state index is 12.1. The van der Waals surface area contributed by atoms with Gasteiger partial charge in [-0.1, -0.05) is 50.8 Å². The predicted molar refractivity (Wildman–Crippen MR) is 114 cm³/mol. The number of amides is 1. The average molecular weight is 417 g/mol. The molecule has 0 bridgehead atoms. The molecule has 0 aliphatic heterocycles. The van der Waals surface area contributed by atoms with Crippen LogP contribution in [0.4, 0.5) is 5.69 Å². The highest BCUT2D eigenvalue weighted by molar-refractivity contribution is 7.92. The first kappa shape index (κ1) is 23.8. The summed E-state index contributed by atoms with van der Waals surface area (Å²) in [6, 6.07) is 5.18. The summed E-state index contributed by atoms with van der Waals surface area (Å²) in [7, 11) is -3.44. The molecular weight excluding hydrogens is 384 g/mol. The normalized spacial score (nSPS) is 12.6. The number of rotatable bonds is 12. The van der Waals surface area contributed by atoms with Crippen molar-refractivity contribution in [3.05, 3.63) is 28.8 Å². The van der Waals surface area contributed by atoms with E-state index in [9.17, 15) is 13.2 Å². The molecule has 0 radical (unpaired) electrons. The predicted octanol–water partition coefficient (Wildman–Crippen LogP) is 4.53. The Kier molecular flexibility index (Phi) is 10.2. The molecule has 0 aliphatic rings. The molecule has 1 rings (SSSR count). The second-order valence-corrected chi connectivity index (χ2v) is 9.41. The lowest BCUT2D eigenvalue weighted by Gasteiger charge is -2.23. The van der Waals surface area contributed by atoms with Gasteiger partial charge in [0.1, 0.15) is 0 Å². The van der Waals surface area contributed by atoms with Crippen molar-refractivity contribution in [2.45, 2.75) is 59.3 Å². The summed E-state index contributed by atoms with van der Waals surface area (Å²) in [6.45, 7) is 7.12. The molecular formula is C20H33ClN2O3S. The smallest absolute Gasteiger partial charge is 0.232 e. The Hall–Kier alpha value is -1.27. The fraction of sp³-hybridized carbons (Fsp3) is 0.650. The Balaban J connectivity index is 2.57. The molecule has 0 saturated heterocycles. The van der Waals surface area contributed by atoms with Crippen LogP contribution in [0.1, 0.15) is 57.9 Å². The summed E-state index contributed by atoms with van der Waals surface area (Å²) in [5.74, 6) is 0.483. The number of hydrogen-bond acceptors (Lipinski definition) is 3. The second-order valence-electron chi connectivity index (χ2n) is 7.09. The van der Waals surface area contributed by atoms with Crippen molar-refractivity contribution in [1.29, 1.82) is 0 Å². The van der Waals surface area contributed by atoms with Crippen molar-refractivity contribution in [2.75, 3.05) is 23.7 Å². The van der Waals surface area contributed by atoms with Crippen LogP contribution in [0.2, 0.25) is 5.02 Å². The lowest BCUT2D eigenvalue weighted by atomic mass is 9.99. The van der Waals surface area contributed by atoms with Gasteiger partial charge in [0.15, 0.2) is 0 Å². The Morgan fingerprint density at radius 2 is 1.96 bits per heavy atom. The number of carbonyl (C=O) groups is 1. The number of hydrogen-bond donors (Lipinski definition) is 1. The first-order valence-electron chi connectivity index (χ1n) is 9.69. The van der Waals surface area contributed by atoms with E-state index in [1.807, 2.05) is 6.92 Å². The van der Waals surface area contributed by atoms with Crippen molar-refractivity contribution in [2.24, 2.45) is 5.92 Å². The molecule has 1 aromatic carbocycles. The van der Waals surface area contributed by atoms with Gasteiger partial charge < -0.3 is 5.32 Å². The van der Waals surface area contributed by atoms with E-state index in [2.05, 4.69) is 19.2 Å². The molecule has 1 amide bonds. The number of nitrogens with one attached hydrogen (secondary N) is 1. The molecule has 1 atom stereocenters. The molecule has 0 heterocycles. The molecule has 1 aromatic rings. The van der Waals surface area contributed by atoms with Gasteiger partial charge >= 0.3 is 0 Å². The summed E-state index contributed by atoms with van der Waals surface area (Å²) in [4.78, 5) is 12.1. The zero-order valence-corrected chi connectivity index (χ0v) is 18.5. The Morgan fingerprint density at radius 1 is 1.26 bits per heavy atom. The maximum atomic E-state index is 12.1. The molecule has 1 N–H and O–H groups in total. The lowest BCUT2D eigenvalue weighted by Crippen LogP contribution is -2.33. The maximum Gasteiger partial charge on any atom is 0.232 e. The zero-order chi connectivity index (χ0) is 20.4. The molecule has 7 heteroatoms. The molecule has 0 saturated carbocycles. The van der Waals surface area contributed by atoms with Crippen LogP contribution in [0.3, 0.4) is 0 Å². The monoisotopic (exact) mass is 416 g/mol. The number of halogens is 1. The van der Waals surface area contributed by atoms with Crippen LogP contribution in [0.15, 0.2) is 18.2 Å². The standard InChI is InChI=1S/C20H33ClN2O3S/c1-5-7-9-17(6-2)15-22-20(24)10-8-13-23(27(4,25)26)18-12-11-16(3)19(21)14-18/h11-12,14,17H,5-10,13,15H2,1-4H3,(H,22,24). The summed E-state index contributed by atoms with van der Waals surface area (Å²) in [6.07, 6.45) is 6.44. The Morgan fingerprint density at radius 3 is 2.52 bits per heavy atom. The van der Waals surface area contributed by atoms with E-state index in [1.165, 1.54) is 17.0 Å². The molecule has 1 unspecified atom stereocenters. The molecule has 0 aromatic heterocycles. The molecule has 0 aliphatic carbocycles. The minimum atomic E-state index is -3.44. The molecule has 0 spiro atoms. The lowest BCUT2D eigenvalue weighted by molar-refractivity contribution is -0.121. The third kappa shape index (κ3) is 8.52. The van der Waals surface area contributed by atoms with Crippen LogP contribution >= 0.6 is 11.6 Å². The minimum Gasteiger partial charge on any atom is -0.356 e. The Labute approximate surface area is 169 Å². The highest BCUT2D eigenvalue weighted by atomic mass is 35.5. The average Bonchev–Trinajstić information content (AvgIpc) is 2.60. The van der Waals surface area contributed by atoms with Crippen molar-refractivity contribution < 1.29 is 13.2 Å². The number of nitrogens with zero attached hydrogens (tertiary/aromatic N) is 1. The highest BCUT2D eigenvalue weighted by Crippen LogP contribution is 2.25. The number of carbonyl (C=O) groups excluding carboxylic acids is 1. The molecule has 5 nitrogen and oxygen atoms in total. The van der Waals surface area contributed by atoms with E-state index in [1.54, 1.807) is 18.2 Å².